The highest BCUT2D eigenvalue weighted by Gasteiger charge is 2.37. The van der Waals surface area contributed by atoms with Crippen molar-refractivity contribution in [3.8, 4) is 23.0 Å². The minimum absolute atomic E-state index is 0. The summed E-state index contributed by atoms with van der Waals surface area (Å²) in [5.74, 6) is 0.700. The molecule has 5 N–H and O–H groups in total. The molecule has 0 aromatic heterocycles. The fourth-order valence-electron chi connectivity index (χ4n) is 3.74. The maximum atomic E-state index is 12.4. The van der Waals surface area contributed by atoms with Crippen molar-refractivity contribution in [2.24, 2.45) is 16.5 Å². The minimum Gasteiger partial charge on any atom is -0.504 e. The molecule has 9 nitrogen and oxygen atoms in total. The number of hydrogen-bond donors (Lipinski definition) is 3. The van der Waals surface area contributed by atoms with E-state index in [2.05, 4.69) is 4.99 Å². The zero-order valence-electron chi connectivity index (χ0n) is 19.1. The lowest BCUT2D eigenvalue weighted by Gasteiger charge is -2.37. The number of ether oxygens (including phenoxy) is 4. The maximum absolute atomic E-state index is 12.4. The first-order chi connectivity index (χ1) is 15.2. The molecule has 1 heterocycles. The van der Waals surface area contributed by atoms with Gasteiger partial charge in [-0.05, 0) is 51.0 Å². The molecule has 2 aromatic carbocycles. The van der Waals surface area contributed by atoms with Gasteiger partial charge in [0.05, 0.1) is 32.1 Å². The van der Waals surface area contributed by atoms with Crippen LogP contribution in [0.4, 0.5) is 5.69 Å². The predicted molar refractivity (Wildman–Crippen MR) is 127 cm³/mol. The SMILES string of the molecule is COc1c(O)c(C)c2c(c1OC)OC(C)(CCOC(=O)c1ccc(N=C(N)N)cc1)CC2.Cl. The first kappa shape index (κ1) is 25.9. The molecule has 33 heavy (non-hydrogen) atoms. The molecule has 0 saturated heterocycles. The highest BCUT2D eigenvalue weighted by atomic mass is 35.5. The third kappa shape index (κ3) is 5.54. The second-order valence-electron chi connectivity index (χ2n) is 7.87. The summed E-state index contributed by atoms with van der Waals surface area (Å²) >= 11 is 0. The largest absolute Gasteiger partial charge is 0.504 e. The van der Waals surface area contributed by atoms with E-state index in [1.54, 1.807) is 24.3 Å². The number of phenolic OH excluding ortho intramolecular Hbond substituents is 1. The molecule has 2 aromatic rings. The summed E-state index contributed by atoms with van der Waals surface area (Å²) < 4.78 is 22.6. The summed E-state index contributed by atoms with van der Waals surface area (Å²) in [6.07, 6.45) is 1.86. The van der Waals surface area contributed by atoms with Gasteiger partial charge in [-0.3, -0.25) is 0 Å². The number of halogens is 1. The Balaban J connectivity index is 0.00000385. The Bertz CT molecular complexity index is 1040. The Labute approximate surface area is 199 Å². The highest BCUT2D eigenvalue weighted by molar-refractivity contribution is 5.90. The maximum Gasteiger partial charge on any atom is 0.338 e. The Hall–Kier alpha value is -3.33. The lowest BCUT2D eigenvalue weighted by atomic mass is 9.87. The zero-order chi connectivity index (χ0) is 23.5. The summed E-state index contributed by atoms with van der Waals surface area (Å²) in [5, 5.41) is 10.4. The molecule has 0 bridgehead atoms. The third-order valence-corrected chi connectivity index (χ3v) is 5.60. The van der Waals surface area contributed by atoms with E-state index in [1.807, 2.05) is 13.8 Å². The molecule has 0 saturated carbocycles. The lowest BCUT2D eigenvalue weighted by Crippen LogP contribution is -2.38. The molecule has 180 valence electrons. The van der Waals surface area contributed by atoms with Gasteiger partial charge in [-0.25, -0.2) is 9.79 Å². The standard InChI is InChI=1S/C23H29N3O6.ClH/c1-13-16-9-10-23(2,32-18(16)20(30-4)19(29-3)17(13)27)11-12-31-21(28)14-5-7-15(8-6-14)26-22(24)25;/h5-8,27H,9-12H2,1-4H3,(H4,24,25,26);1H. The first-order valence-corrected chi connectivity index (χ1v) is 10.2. The van der Waals surface area contributed by atoms with Gasteiger partial charge in [0.15, 0.2) is 17.5 Å². The van der Waals surface area contributed by atoms with Crippen LogP contribution in [0.5, 0.6) is 23.0 Å². The van der Waals surface area contributed by atoms with Gasteiger partial charge in [0, 0.05) is 17.5 Å². The van der Waals surface area contributed by atoms with Crippen molar-refractivity contribution >= 4 is 30.0 Å². The van der Waals surface area contributed by atoms with Crippen molar-refractivity contribution in [3.63, 3.8) is 0 Å². The second-order valence-corrected chi connectivity index (χ2v) is 7.87. The number of methoxy groups -OCH3 is 2. The number of aromatic hydroxyl groups is 1. The van der Waals surface area contributed by atoms with Crippen LogP contribution in [0.15, 0.2) is 29.3 Å². The molecule has 0 spiro atoms. The molecule has 1 aliphatic rings. The molecular weight excluding hydrogens is 450 g/mol. The number of benzene rings is 2. The van der Waals surface area contributed by atoms with Crippen molar-refractivity contribution in [2.75, 3.05) is 20.8 Å². The van der Waals surface area contributed by atoms with E-state index < -0.39 is 11.6 Å². The molecule has 1 aliphatic heterocycles. The first-order valence-electron chi connectivity index (χ1n) is 10.2. The van der Waals surface area contributed by atoms with E-state index in [9.17, 15) is 9.90 Å². The fraction of sp³-hybridized carbons (Fsp3) is 0.391. The Morgan fingerprint density at radius 2 is 1.82 bits per heavy atom. The number of nitrogens with two attached hydrogens (primary N) is 2. The molecule has 0 aliphatic carbocycles. The van der Waals surface area contributed by atoms with Gasteiger partial charge in [-0.1, -0.05) is 0 Å². The second kappa shape index (κ2) is 10.5. The van der Waals surface area contributed by atoms with Crippen molar-refractivity contribution < 1.29 is 28.8 Å². The van der Waals surface area contributed by atoms with Crippen molar-refractivity contribution in [1.82, 2.24) is 0 Å². The van der Waals surface area contributed by atoms with E-state index in [0.717, 1.165) is 5.56 Å². The molecule has 1 unspecified atom stereocenters. The number of aliphatic imine (C=N–C) groups is 1. The van der Waals surface area contributed by atoms with Gasteiger partial charge in [0.1, 0.15) is 5.60 Å². The van der Waals surface area contributed by atoms with E-state index >= 15 is 0 Å². The average molecular weight is 480 g/mol. The van der Waals surface area contributed by atoms with Crippen molar-refractivity contribution in [2.45, 2.75) is 38.7 Å². The van der Waals surface area contributed by atoms with E-state index in [4.69, 9.17) is 30.4 Å². The monoisotopic (exact) mass is 479 g/mol. The predicted octanol–water partition coefficient (Wildman–Crippen LogP) is 3.38. The smallest absolute Gasteiger partial charge is 0.338 e. The average Bonchev–Trinajstić information content (AvgIpc) is 2.75. The van der Waals surface area contributed by atoms with Crippen LogP contribution in [0.3, 0.4) is 0 Å². The van der Waals surface area contributed by atoms with E-state index in [1.165, 1.54) is 14.2 Å². The minimum atomic E-state index is -0.577. The summed E-state index contributed by atoms with van der Waals surface area (Å²) in [6.45, 7) is 3.96. The Morgan fingerprint density at radius 1 is 1.18 bits per heavy atom. The van der Waals surface area contributed by atoms with Crippen molar-refractivity contribution in [3.05, 3.63) is 41.0 Å². The fourth-order valence-corrected chi connectivity index (χ4v) is 3.74. The van der Waals surface area contributed by atoms with Gasteiger partial charge in [0.2, 0.25) is 11.5 Å². The Kier molecular flexibility index (Phi) is 8.27. The van der Waals surface area contributed by atoms with Crippen LogP contribution in [0, 0.1) is 6.92 Å². The summed E-state index contributed by atoms with van der Waals surface area (Å²) in [5.41, 5.74) is 12.7. The quantitative estimate of drug-likeness (QED) is 0.312. The zero-order valence-corrected chi connectivity index (χ0v) is 20.0. The molecule has 0 fully saturated rings. The number of phenols is 1. The summed E-state index contributed by atoms with van der Waals surface area (Å²) in [4.78, 5) is 16.3. The van der Waals surface area contributed by atoms with Crippen molar-refractivity contribution in [1.29, 1.82) is 0 Å². The Morgan fingerprint density at radius 3 is 2.39 bits per heavy atom. The van der Waals surface area contributed by atoms with E-state index in [-0.39, 0.29) is 36.5 Å². The molecule has 0 amide bonds. The van der Waals surface area contributed by atoms with Crippen LogP contribution in [-0.2, 0) is 11.2 Å². The molecule has 3 rings (SSSR count). The van der Waals surface area contributed by atoms with Gasteiger partial charge < -0.3 is 35.5 Å². The summed E-state index contributed by atoms with van der Waals surface area (Å²) in [7, 11) is 2.97. The number of rotatable bonds is 7. The van der Waals surface area contributed by atoms with Crippen LogP contribution in [0.25, 0.3) is 0 Å². The summed E-state index contributed by atoms with van der Waals surface area (Å²) in [6, 6.07) is 6.48. The number of fused-ring (bicyclic) bond motifs is 1. The van der Waals surface area contributed by atoms with Crippen LogP contribution in [0.2, 0.25) is 0 Å². The van der Waals surface area contributed by atoms with Crippen LogP contribution in [-0.4, -0.2) is 43.5 Å². The molecule has 1 atom stereocenters. The van der Waals surface area contributed by atoms with Crippen LogP contribution < -0.4 is 25.7 Å². The highest BCUT2D eigenvalue weighted by Crippen LogP contribution is 2.52. The van der Waals surface area contributed by atoms with Gasteiger partial charge in [0.25, 0.3) is 0 Å². The number of guanidine groups is 1. The van der Waals surface area contributed by atoms with E-state index in [0.29, 0.717) is 47.6 Å². The molecule has 0 radical (unpaired) electrons. The number of hydrogen-bond acceptors (Lipinski definition) is 7. The van der Waals surface area contributed by atoms with Gasteiger partial charge in [-0.2, -0.15) is 0 Å². The number of nitrogens with zero attached hydrogens (tertiary/aromatic N) is 1. The topological polar surface area (TPSA) is 139 Å². The number of esters is 1. The van der Waals surface area contributed by atoms with Crippen LogP contribution in [0.1, 0.15) is 41.3 Å². The third-order valence-electron chi connectivity index (χ3n) is 5.60. The van der Waals surface area contributed by atoms with Gasteiger partial charge in [-0.15, -0.1) is 12.4 Å². The lowest BCUT2D eigenvalue weighted by molar-refractivity contribution is 0.0166. The van der Waals surface area contributed by atoms with Crippen LogP contribution >= 0.6 is 12.4 Å². The molecular formula is C23H30ClN3O6. The van der Waals surface area contributed by atoms with Gasteiger partial charge >= 0.3 is 5.97 Å². The number of carbonyl (C=O) groups is 1. The molecule has 10 heteroatoms. The number of carbonyl (C=O) groups excluding carboxylic acids is 1. The normalized spacial score (nSPS) is 16.5.